The maximum Gasteiger partial charge on any atom is 0.211 e. The van der Waals surface area contributed by atoms with Crippen molar-refractivity contribution in [3.05, 3.63) is 41.0 Å². The number of piperazine rings is 1. The third kappa shape index (κ3) is 4.73. The van der Waals surface area contributed by atoms with Crippen molar-refractivity contribution in [3.63, 3.8) is 0 Å². The maximum atomic E-state index is 11.7. The van der Waals surface area contributed by atoms with Crippen molar-refractivity contribution in [1.29, 1.82) is 5.26 Å². The molecule has 178 valence electrons. The summed E-state index contributed by atoms with van der Waals surface area (Å²) in [4.78, 5) is 12.1. The van der Waals surface area contributed by atoms with Gasteiger partial charge in [0.1, 0.15) is 22.6 Å². The molecule has 1 aliphatic heterocycles. The van der Waals surface area contributed by atoms with Crippen molar-refractivity contribution in [3.8, 4) is 6.07 Å². The second kappa shape index (κ2) is 9.49. The van der Waals surface area contributed by atoms with Crippen molar-refractivity contribution >= 4 is 48.8 Å². The lowest BCUT2D eigenvalue weighted by Gasteiger charge is -2.34. The van der Waals surface area contributed by atoms with E-state index in [4.69, 9.17) is 0 Å². The number of fused-ring (bicyclic) bond motifs is 1. The number of pyridine rings is 2. The van der Waals surface area contributed by atoms with Gasteiger partial charge < -0.3 is 10.2 Å². The molecule has 1 aliphatic carbocycles. The molecule has 0 atom stereocenters. The molecule has 0 spiro atoms. The van der Waals surface area contributed by atoms with Crippen LogP contribution in [0.15, 0.2) is 30.6 Å². The van der Waals surface area contributed by atoms with Gasteiger partial charge in [-0.1, -0.05) is 19.3 Å². The van der Waals surface area contributed by atoms with Crippen molar-refractivity contribution < 1.29 is 8.42 Å². The Morgan fingerprint density at radius 3 is 2.44 bits per heavy atom. The molecule has 2 fully saturated rings. The molecule has 1 saturated carbocycles. The fourth-order valence-corrected chi connectivity index (χ4v) is 6.89. The molecule has 3 aromatic rings. The predicted molar refractivity (Wildman–Crippen MR) is 136 cm³/mol. The summed E-state index contributed by atoms with van der Waals surface area (Å²) in [6.07, 6.45) is 10.9. The summed E-state index contributed by atoms with van der Waals surface area (Å²) in [7, 11) is -3.14. The summed E-state index contributed by atoms with van der Waals surface area (Å²) in [6.45, 7) is 2.25. The summed E-state index contributed by atoms with van der Waals surface area (Å²) in [5, 5.41) is 14.2. The minimum atomic E-state index is -3.14. The number of rotatable bonds is 5. The van der Waals surface area contributed by atoms with E-state index >= 15 is 0 Å². The van der Waals surface area contributed by atoms with Gasteiger partial charge in [-0.2, -0.15) is 9.57 Å². The molecule has 0 amide bonds. The average Bonchev–Trinajstić information content (AvgIpc) is 3.22. The molecule has 4 heterocycles. The van der Waals surface area contributed by atoms with Gasteiger partial charge in [0.15, 0.2) is 0 Å². The van der Waals surface area contributed by atoms with E-state index in [9.17, 15) is 13.7 Å². The fourth-order valence-electron chi connectivity index (χ4n) is 5.03. The molecular weight excluding hydrogens is 468 g/mol. The maximum absolute atomic E-state index is 11.7. The topological polar surface area (TPSA) is 102 Å². The standard InChI is InChI=1S/C24H28N6O2S2/c1-34(31,32)30-11-9-29(10-12-30)18-7-8-22(26-15-18)28-23-13-19-21(16-27-23)33-20(14-25)24(19)17-5-3-2-4-6-17/h7-8,13,15-17H,2-6,9-12H2,1H3,(H,26,27,28). The molecule has 2 aliphatic rings. The monoisotopic (exact) mass is 496 g/mol. The zero-order chi connectivity index (χ0) is 23.7. The van der Waals surface area contributed by atoms with Crippen LogP contribution < -0.4 is 10.2 Å². The normalized spacial score (nSPS) is 18.2. The van der Waals surface area contributed by atoms with Gasteiger partial charge in [-0.25, -0.2) is 18.4 Å². The van der Waals surface area contributed by atoms with Crippen LogP contribution in [-0.4, -0.2) is 55.1 Å². The summed E-state index contributed by atoms with van der Waals surface area (Å²) >= 11 is 1.54. The van der Waals surface area contributed by atoms with Gasteiger partial charge in [0.2, 0.25) is 10.0 Å². The van der Waals surface area contributed by atoms with E-state index in [1.165, 1.54) is 46.7 Å². The van der Waals surface area contributed by atoms with Crippen molar-refractivity contribution in [2.24, 2.45) is 0 Å². The molecule has 0 unspecified atom stereocenters. The van der Waals surface area contributed by atoms with Gasteiger partial charge >= 0.3 is 0 Å². The zero-order valence-corrected chi connectivity index (χ0v) is 20.8. The van der Waals surface area contributed by atoms with Gasteiger partial charge in [-0.05, 0) is 42.5 Å². The van der Waals surface area contributed by atoms with E-state index < -0.39 is 10.0 Å². The highest BCUT2D eigenvalue weighted by molar-refractivity contribution is 7.88. The van der Waals surface area contributed by atoms with Crippen molar-refractivity contribution in [2.75, 3.05) is 42.7 Å². The minimum absolute atomic E-state index is 0.452. The van der Waals surface area contributed by atoms with Gasteiger partial charge in [0.05, 0.1) is 22.8 Å². The molecule has 0 radical (unpaired) electrons. The van der Waals surface area contributed by atoms with Gasteiger partial charge in [0.25, 0.3) is 0 Å². The number of sulfonamides is 1. The first-order valence-corrected chi connectivity index (χ1v) is 14.3. The van der Waals surface area contributed by atoms with Crippen LogP contribution in [0.4, 0.5) is 17.3 Å². The lowest BCUT2D eigenvalue weighted by atomic mass is 9.83. The van der Waals surface area contributed by atoms with Crippen LogP contribution in [0.2, 0.25) is 0 Å². The number of nitriles is 1. The van der Waals surface area contributed by atoms with Crippen LogP contribution in [-0.2, 0) is 10.0 Å². The largest absolute Gasteiger partial charge is 0.368 e. The van der Waals surface area contributed by atoms with E-state index in [-0.39, 0.29) is 0 Å². The molecule has 3 aromatic heterocycles. The first-order chi connectivity index (χ1) is 16.4. The number of hydrogen-bond acceptors (Lipinski definition) is 8. The van der Waals surface area contributed by atoms with E-state index in [0.717, 1.165) is 33.5 Å². The van der Waals surface area contributed by atoms with Crippen LogP contribution in [0.1, 0.15) is 48.5 Å². The highest BCUT2D eigenvalue weighted by atomic mass is 32.2. The van der Waals surface area contributed by atoms with Crippen molar-refractivity contribution in [1.82, 2.24) is 14.3 Å². The number of nitrogens with one attached hydrogen (secondary N) is 1. The lowest BCUT2D eigenvalue weighted by molar-refractivity contribution is 0.388. The molecule has 8 nitrogen and oxygen atoms in total. The van der Waals surface area contributed by atoms with Crippen LogP contribution in [0.3, 0.4) is 0 Å². The van der Waals surface area contributed by atoms with Crippen molar-refractivity contribution in [2.45, 2.75) is 38.0 Å². The van der Waals surface area contributed by atoms with Crippen LogP contribution in [0, 0.1) is 11.3 Å². The quantitative estimate of drug-likeness (QED) is 0.557. The molecule has 5 rings (SSSR count). The Kier molecular flexibility index (Phi) is 6.42. The molecule has 1 saturated heterocycles. The summed E-state index contributed by atoms with van der Waals surface area (Å²) in [5.41, 5.74) is 2.17. The fraction of sp³-hybridized carbons (Fsp3) is 0.458. The predicted octanol–water partition coefficient (Wildman–Crippen LogP) is 4.44. The lowest BCUT2D eigenvalue weighted by Crippen LogP contribution is -2.48. The molecule has 0 aromatic carbocycles. The second-order valence-corrected chi connectivity index (χ2v) is 12.1. The van der Waals surface area contributed by atoms with Crippen LogP contribution in [0.25, 0.3) is 10.1 Å². The van der Waals surface area contributed by atoms with E-state index in [1.807, 2.05) is 24.5 Å². The molecule has 34 heavy (non-hydrogen) atoms. The zero-order valence-electron chi connectivity index (χ0n) is 19.2. The minimum Gasteiger partial charge on any atom is -0.368 e. The van der Waals surface area contributed by atoms with Crippen LogP contribution >= 0.6 is 11.3 Å². The number of thiophene rings is 1. The number of anilines is 3. The molecule has 10 heteroatoms. The first kappa shape index (κ1) is 23.0. The molecule has 0 bridgehead atoms. The number of nitrogens with zero attached hydrogens (tertiary/aromatic N) is 5. The first-order valence-electron chi connectivity index (χ1n) is 11.7. The Morgan fingerprint density at radius 1 is 1.06 bits per heavy atom. The SMILES string of the molecule is CS(=O)(=O)N1CCN(c2ccc(Nc3cc4c(C5CCCCC5)c(C#N)sc4cn3)nc2)CC1. The highest BCUT2D eigenvalue weighted by Gasteiger charge is 2.25. The molecular formula is C24H28N6O2S2. The number of aromatic nitrogens is 2. The third-order valence-electron chi connectivity index (χ3n) is 6.81. The van der Waals surface area contributed by atoms with Gasteiger partial charge in [-0.15, -0.1) is 11.3 Å². The van der Waals surface area contributed by atoms with Gasteiger partial charge in [-0.3, -0.25) is 0 Å². The average molecular weight is 497 g/mol. The highest BCUT2D eigenvalue weighted by Crippen LogP contribution is 2.42. The summed E-state index contributed by atoms with van der Waals surface area (Å²) < 4.78 is 26.0. The Bertz CT molecular complexity index is 1320. The van der Waals surface area contributed by atoms with E-state index in [0.29, 0.717) is 43.7 Å². The summed E-state index contributed by atoms with van der Waals surface area (Å²) in [6, 6.07) is 8.38. The molecule has 1 N–H and O–H groups in total. The Morgan fingerprint density at radius 2 is 1.79 bits per heavy atom. The van der Waals surface area contributed by atoms with E-state index in [1.54, 1.807) is 0 Å². The second-order valence-electron chi connectivity index (χ2n) is 9.03. The Labute approximate surface area is 204 Å². The Balaban J connectivity index is 1.32. The van der Waals surface area contributed by atoms with E-state index in [2.05, 4.69) is 32.3 Å². The smallest absolute Gasteiger partial charge is 0.211 e. The summed E-state index contributed by atoms with van der Waals surface area (Å²) in [5.74, 6) is 1.86. The number of hydrogen-bond donors (Lipinski definition) is 1. The Hall–Kier alpha value is -2.74. The van der Waals surface area contributed by atoms with Gasteiger partial charge in [0, 0.05) is 37.8 Å². The van der Waals surface area contributed by atoms with Crippen LogP contribution in [0.5, 0.6) is 0 Å². The third-order valence-corrected chi connectivity index (χ3v) is 9.17.